The number of hydrogen-bond acceptors (Lipinski definition) is 5. The molecule has 0 spiro atoms. The van der Waals surface area contributed by atoms with Crippen LogP contribution in [0.4, 0.5) is 13.2 Å². The van der Waals surface area contributed by atoms with E-state index >= 15 is 0 Å². The van der Waals surface area contributed by atoms with Gasteiger partial charge in [0.1, 0.15) is 5.69 Å². The molecule has 1 fully saturated rings. The second-order valence-corrected chi connectivity index (χ2v) is 4.54. The van der Waals surface area contributed by atoms with Crippen molar-refractivity contribution in [3.05, 3.63) is 23.3 Å². The number of alkyl halides is 3. The van der Waals surface area contributed by atoms with Gasteiger partial charge in [-0.1, -0.05) is 0 Å². The summed E-state index contributed by atoms with van der Waals surface area (Å²) in [5, 5.41) is 3.06. The fraction of sp³-hybridized carbons (Fsp3) is 0.583. The molecule has 6 nitrogen and oxygen atoms in total. The fourth-order valence-electron chi connectivity index (χ4n) is 1.99. The van der Waals surface area contributed by atoms with E-state index in [0.717, 1.165) is 0 Å². The van der Waals surface area contributed by atoms with E-state index in [4.69, 9.17) is 4.74 Å². The van der Waals surface area contributed by atoms with Crippen LogP contribution < -0.4 is 5.32 Å². The number of nitrogens with one attached hydrogen (secondary N) is 1. The van der Waals surface area contributed by atoms with E-state index in [1.807, 2.05) is 0 Å². The SMILES string of the molecule is COCc1cc(C(=O)N2CCNCC2)nc(C(F)(F)F)n1. The summed E-state index contributed by atoms with van der Waals surface area (Å²) < 4.78 is 43.2. The van der Waals surface area contributed by atoms with Crippen molar-refractivity contribution < 1.29 is 22.7 Å². The lowest BCUT2D eigenvalue weighted by molar-refractivity contribution is -0.145. The zero-order valence-corrected chi connectivity index (χ0v) is 11.4. The van der Waals surface area contributed by atoms with E-state index < -0.39 is 17.9 Å². The standard InChI is InChI=1S/C12H15F3N4O2/c1-21-7-8-6-9(18-11(17-8)12(13,14)15)10(20)19-4-2-16-3-5-19/h6,16H,2-5,7H2,1H3. The van der Waals surface area contributed by atoms with E-state index in [-0.39, 0.29) is 18.0 Å². The van der Waals surface area contributed by atoms with Gasteiger partial charge in [-0.05, 0) is 6.07 Å². The van der Waals surface area contributed by atoms with Gasteiger partial charge in [0.15, 0.2) is 0 Å². The van der Waals surface area contributed by atoms with Gasteiger partial charge < -0.3 is 15.0 Å². The lowest BCUT2D eigenvalue weighted by atomic mass is 10.2. The third kappa shape index (κ3) is 3.88. The molecule has 0 unspecified atom stereocenters. The van der Waals surface area contributed by atoms with E-state index in [2.05, 4.69) is 15.3 Å². The van der Waals surface area contributed by atoms with Gasteiger partial charge in [0.25, 0.3) is 5.91 Å². The smallest absolute Gasteiger partial charge is 0.378 e. The fourth-order valence-corrected chi connectivity index (χ4v) is 1.99. The molecule has 0 saturated carbocycles. The Labute approximate surface area is 119 Å². The van der Waals surface area contributed by atoms with Crippen LogP contribution in [0.3, 0.4) is 0 Å². The quantitative estimate of drug-likeness (QED) is 0.890. The van der Waals surface area contributed by atoms with E-state index in [1.54, 1.807) is 0 Å². The molecule has 1 aliphatic heterocycles. The monoisotopic (exact) mass is 304 g/mol. The number of nitrogens with zero attached hydrogens (tertiary/aromatic N) is 3. The highest BCUT2D eigenvalue weighted by atomic mass is 19.4. The predicted molar refractivity (Wildman–Crippen MR) is 66.5 cm³/mol. The van der Waals surface area contributed by atoms with Crippen LogP contribution in [0.15, 0.2) is 6.07 Å². The van der Waals surface area contributed by atoms with Crippen LogP contribution >= 0.6 is 0 Å². The van der Waals surface area contributed by atoms with Crippen molar-refractivity contribution in [1.29, 1.82) is 0 Å². The number of carbonyl (C=O) groups is 1. The van der Waals surface area contributed by atoms with Crippen molar-refractivity contribution in [3.63, 3.8) is 0 Å². The normalized spacial score (nSPS) is 16.1. The molecule has 1 saturated heterocycles. The van der Waals surface area contributed by atoms with Crippen molar-refractivity contribution in [2.24, 2.45) is 0 Å². The molecule has 2 rings (SSSR count). The summed E-state index contributed by atoms with van der Waals surface area (Å²) in [6, 6.07) is 1.24. The number of piperazine rings is 1. The Balaban J connectivity index is 2.32. The highest BCUT2D eigenvalue weighted by Crippen LogP contribution is 2.26. The van der Waals surface area contributed by atoms with E-state index in [9.17, 15) is 18.0 Å². The molecule has 0 aromatic carbocycles. The largest absolute Gasteiger partial charge is 0.451 e. The number of ether oxygens (including phenoxy) is 1. The van der Waals surface area contributed by atoms with Gasteiger partial charge in [0, 0.05) is 33.3 Å². The van der Waals surface area contributed by atoms with Gasteiger partial charge in [-0.3, -0.25) is 4.79 Å². The summed E-state index contributed by atoms with van der Waals surface area (Å²) in [5.41, 5.74) is -0.232. The first-order chi connectivity index (χ1) is 9.91. The first kappa shape index (κ1) is 15.6. The molecule has 1 N–H and O–H groups in total. The number of aromatic nitrogens is 2. The molecule has 9 heteroatoms. The molecule has 2 heterocycles. The summed E-state index contributed by atoms with van der Waals surface area (Å²) in [5.74, 6) is -1.85. The Bertz CT molecular complexity index is 516. The molecular weight excluding hydrogens is 289 g/mol. The minimum atomic E-state index is -4.71. The van der Waals surface area contributed by atoms with Crippen LogP contribution in [0.5, 0.6) is 0 Å². The highest BCUT2D eigenvalue weighted by molar-refractivity contribution is 5.92. The first-order valence-electron chi connectivity index (χ1n) is 6.36. The van der Waals surface area contributed by atoms with Gasteiger partial charge >= 0.3 is 6.18 Å². The minimum absolute atomic E-state index is 0.0262. The van der Waals surface area contributed by atoms with Crippen molar-refractivity contribution in [1.82, 2.24) is 20.2 Å². The van der Waals surface area contributed by atoms with Crippen molar-refractivity contribution in [2.75, 3.05) is 33.3 Å². The molecule has 1 amide bonds. The number of halogens is 3. The number of amides is 1. The lowest BCUT2D eigenvalue weighted by Crippen LogP contribution is -2.46. The van der Waals surface area contributed by atoms with Crippen LogP contribution in [0.2, 0.25) is 0 Å². The topological polar surface area (TPSA) is 67.3 Å². The summed E-state index contributed by atoms with van der Waals surface area (Å²) in [4.78, 5) is 20.4. The summed E-state index contributed by atoms with van der Waals surface area (Å²) in [7, 11) is 1.34. The van der Waals surface area contributed by atoms with Crippen LogP contribution in [-0.2, 0) is 17.5 Å². The Hall–Kier alpha value is -1.74. The van der Waals surface area contributed by atoms with E-state index in [1.165, 1.54) is 18.1 Å². The van der Waals surface area contributed by atoms with Crippen molar-refractivity contribution in [2.45, 2.75) is 12.8 Å². The van der Waals surface area contributed by atoms with Gasteiger partial charge in [-0.25, -0.2) is 9.97 Å². The third-order valence-corrected chi connectivity index (χ3v) is 2.95. The molecule has 0 bridgehead atoms. The van der Waals surface area contributed by atoms with E-state index in [0.29, 0.717) is 26.2 Å². The van der Waals surface area contributed by atoms with Gasteiger partial charge in [-0.15, -0.1) is 0 Å². The zero-order chi connectivity index (χ0) is 15.5. The second kappa shape index (κ2) is 6.35. The molecule has 0 radical (unpaired) electrons. The predicted octanol–water partition coefficient (Wildman–Crippen LogP) is 0.687. The summed E-state index contributed by atoms with van der Waals surface area (Å²) in [6.45, 7) is 1.96. The zero-order valence-electron chi connectivity index (χ0n) is 11.4. The number of methoxy groups -OCH3 is 1. The van der Waals surface area contributed by atoms with Gasteiger partial charge in [-0.2, -0.15) is 13.2 Å². The molecule has 116 valence electrons. The van der Waals surface area contributed by atoms with Crippen LogP contribution in [0.1, 0.15) is 22.0 Å². The number of rotatable bonds is 3. The Morgan fingerprint density at radius 2 is 2.05 bits per heavy atom. The average molecular weight is 304 g/mol. The minimum Gasteiger partial charge on any atom is -0.378 e. The van der Waals surface area contributed by atoms with Crippen molar-refractivity contribution >= 4 is 5.91 Å². The molecule has 21 heavy (non-hydrogen) atoms. The van der Waals surface area contributed by atoms with Crippen LogP contribution in [-0.4, -0.2) is 54.1 Å². The molecule has 1 aliphatic rings. The van der Waals surface area contributed by atoms with Crippen LogP contribution in [0.25, 0.3) is 0 Å². The Kier molecular flexibility index (Phi) is 4.73. The lowest BCUT2D eigenvalue weighted by Gasteiger charge is -2.27. The summed E-state index contributed by atoms with van der Waals surface area (Å²) in [6.07, 6.45) is -4.71. The Morgan fingerprint density at radius 3 is 2.62 bits per heavy atom. The van der Waals surface area contributed by atoms with Gasteiger partial charge in [0.2, 0.25) is 5.82 Å². The molecule has 0 aliphatic carbocycles. The molecule has 0 atom stereocenters. The van der Waals surface area contributed by atoms with Crippen molar-refractivity contribution in [3.8, 4) is 0 Å². The molecular formula is C12H15F3N4O2. The highest BCUT2D eigenvalue weighted by Gasteiger charge is 2.36. The third-order valence-electron chi connectivity index (χ3n) is 2.95. The number of carbonyl (C=O) groups excluding carboxylic acids is 1. The number of hydrogen-bond donors (Lipinski definition) is 1. The van der Waals surface area contributed by atoms with Gasteiger partial charge in [0.05, 0.1) is 12.3 Å². The first-order valence-corrected chi connectivity index (χ1v) is 6.36. The van der Waals surface area contributed by atoms with Crippen LogP contribution in [0, 0.1) is 0 Å². The maximum atomic E-state index is 12.8. The average Bonchev–Trinajstić information content (AvgIpc) is 2.46. The maximum Gasteiger partial charge on any atom is 0.451 e. The molecule has 1 aromatic rings. The Morgan fingerprint density at radius 1 is 1.38 bits per heavy atom. The maximum absolute atomic E-state index is 12.8. The molecule has 1 aromatic heterocycles. The second-order valence-electron chi connectivity index (χ2n) is 4.54. The summed E-state index contributed by atoms with van der Waals surface area (Å²) >= 11 is 0.